The fourth-order valence-electron chi connectivity index (χ4n) is 1.30. The summed E-state index contributed by atoms with van der Waals surface area (Å²) in [4.78, 5) is 0. The van der Waals surface area contributed by atoms with Crippen LogP contribution < -0.4 is 5.19 Å². The van der Waals surface area contributed by atoms with Crippen LogP contribution in [0.25, 0.3) is 0 Å². The quantitative estimate of drug-likeness (QED) is 0.659. The Hall–Kier alpha value is -0.643. The maximum absolute atomic E-state index is 5.80. The lowest BCUT2D eigenvalue weighted by molar-refractivity contribution is 0.207. The van der Waals surface area contributed by atoms with Crippen molar-refractivity contribution >= 4 is 14.5 Å². The zero-order chi connectivity index (χ0) is 10.9. The standard InChI is InChI=1S/C12H20O2Si/c1-3-10-13-15(14-11-4-2)12-8-6-5-7-9-12/h5-9,15H,3-4,10-11H2,1-2H3. The molecule has 84 valence electrons. The molecule has 0 fully saturated rings. The van der Waals surface area contributed by atoms with Crippen molar-refractivity contribution in [3.8, 4) is 0 Å². The van der Waals surface area contributed by atoms with E-state index < -0.39 is 9.28 Å². The van der Waals surface area contributed by atoms with Crippen LogP contribution in [0, 0.1) is 0 Å². The van der Waals surface area contributed by atoms with Gasteiger partial charge in [0, 0.05) is 13.2 Å². The number of rotatable bonds is 7. The number of hydrogen-bond donors (Lipinski definition) is 0. The predicted molar refractivity (Wildman–Crippen MR) is 65.7 cm³/mol. The maximum atomic E-state index is 5.80. The van der Waals surface area contributed by atoms with E-state index in [2.05, 4.69) is 26.0 Å². The van der Waals surface area contributed by atoms with E-state index in [0.29, 0.717) is 0 Å². The molecular formula is C12H20O2Si. The van der Waals surface area contributed by atoms with Crippen molar-refractivity contribution in [2.75, 3.05) is 13.2 Å². The topological polar surface area (TPSA) is 18.5 Å². The molecule has 0 saturated heterocycles. The van der Waals surface area contributed by atoms with Gasteiger partial charge in [-0.2, -0.15) is 0 Å². The molecule has 1 aromatic rings. The molecule has 1 rings (SSSR count). The smallest absolute Gasteiger partial charge is 0.355 e. The Morgan fingerprint density at radius 1 is 0.933 bits per heavy atom. The molecule has 0 atom stereocenters. The van der Waals surface area contributed by atoms with E-state index in [-0.39, 0.29) is 0 Å². The van der Waals surface area contributed by atoms with Crippen molar-refractivity contribution in [3.05, 3.63) is 30.3 Å². The van der Waals surface area contributed by atoms with E-state index in [0.717, 1.165) is 26.1 Å². The summed E-state index contributed by atoms with van der Waals surface area (Å²) >= 11 is 0. The first-order valence-electron chi connectivity index (χ1n) is 5.66. The molecule has 0 unspecified atom stereocenters. The largest absolute Gasteiger partial charge is 0.393 e. The summed E-state index contributed by atoms with van der Waals surface area (Å²) in [5.41, 5.74) is 0. The Labute approximate surface area is 94.1 Å². The Bertz CT molecular complexity index is 243. The third-order valence-corrected chi connectivity index (χ3v) is 4.02. The van der Waals surface area contributed by atoms with E-state index in [4.69, 9.17) is 8.85 Å². The van der Waals surface area contributed by atoms with Gasteiger partial charge in [-0.15, -0.1) is 0 Å². The van der Waals surface area contributed by atoms with Crippen LogP contribution in [0.2, 0.25) is 0 Å². The van der Waals surface area contributed by atoms with Crippen LogP contribution in [-0.4, -0.2) is 22.5 Å². The fraction of sp³-hybridized carbons (Fsp3) is 0.500. The van der Waals surface area contributed by atoms with Crippen molar-refractivity contribution in [2.45, 2.75) is 26.7 Å². The van der Waals surface area contributed by atoms with Gasteiger partial charge in [0.1, 0.15) is 0 Å². The molecule has 0 aliphatic heterocycles. The molecule has 0 amide bonds. The third-order valence-electron chi connectivity index (χ3n) is 2.02. The van der Waals surface area contributed by atoms with Crippen LogP contribution in [0.1, 0.15) is 26.7 Å². The fourth-order valence-corrected chi connectivity index (χ4v) is 3.22. The van der Waals surface area contributed by atoms with Crippen LogP contribution >= 0.6 is 0 Å². The average Bonchev–Trinajstić information content (AvgIpc) is 2.30. The van der Waals surface area contributed by atoms with Gasteiger partial charge in [0.2, 0.25) is 0 Å². The summed E-state index contributed by atoms with van der Waals surface area (Å²) in [6.07, 6.45) is 2.09. The van der Waals surface area contributed by atoms with Gasteiger partial charge in [-0.3, -0.25) is 0 Å². The molecule has 0 heterocycles. The molecule has 0 spiro atoms. The summed E-state index contributed by atoms with van der Waals surface area (Å²) in [5, 5.41) is 1.24. The zero-order valence-corrected chi connectivity index (χ0v) is 10.8. The Balaban J connectivity index is 2.55. The molecular weight excluding hydrogens is 204 g/mol. The first-order chi connectivity index (χ1) is 7.38. The molecule has 2 nitrogen and oxygen atoms in total. The minimum Gasteiger partial charge on any atom is -0.393 e. The lowest BCUT2D eigenvalue weighted by Crippen LogP contribution is -2.37. The van der Waals surface area contributed by atoms with Gasteiger partial charge in [-0.25, -0.2) is 0 Å². The third kappa shape index (κ3) is 4.60. The lowest BCUT2D eigenvalue weighted by Gasteiger charge is -2.16. The van der Waals surface area contributed by atoms with Gasteiger partial charge in [0.25, 0.3) is 0 Å². The Kier molecular flexibility index (Phi) is 6.32. The number of hydrogen-bond acceptors (Lipinski definition) is 2. The van der Waals surface area contributed by atoms with Crippen molar-refractivity contribution in [2.24, 2.45) is 0 Å². The van der Waals surface area contributed by atoms with Gasteiger partial charge in [0.05, 0.1) is 0 Å². The van der Waals surface area contributed by atoms with Crippen molar-refractivity contribution in [1.29, 1.82) is 0 Å². The summed E-state index contributed by atoms with van der Waals surface area (Å²) in [6, 6.07) is 10.3. The van der Waals surface area contributed by atoms with E-state index in [1.54, 1.807) is 0 Å². The highest BCUT2D eigenvalue weighted by atomic mass is 28.3. The van der Waals surface area contributed by atoms with Gasteiger partial charge >= 0.3 is 9.28 Å². The highest BCUT2D eigenvalue weighted by molar-refractivity contribution is 6.61. The summed E-state index contributed by atoms with van der Waals surface area (Å²) in [5.74, 6) is 0. The molecule has 0 radical (unpaired) electrons. The van der Waals surface area contributed by atoms with Gasteiger partial charge in [0.15, 0.2) is 0 Å². The normalized spacial score (nSPS) is 10.9. The molecule has 0 bridgehead atoms. The zero-order valence-electron chi connectivity index (χ0n) is 9.61. The van der Waals surface area contributed by atoms with Crippen LogP contribution in [-0.2, 0) is 8.85 Å². The second-order valence-electron chi connectivity index (χ2n) is 3.48. The minimum atomic E-state index is -1.63. The van der Waals surface area contributed by atoms with Gasteiger partial charge in [-0.1, -0.05) is 44.2 Å². The SMILES string of the molecule is CCCO[SiH](OCCC)c1ccccc1. The molecule has 0 aliphatic carbocycles. The summed E-state index contributed by atoms with van der Waals surface area (Å²) < 4.78 is 11.6. The Morgan fingerprint density at radius 2 is 1.47 bits per heavy atom. The monoisotopic (exact) mass is 224 g/mol. The molecule has 0 aromatic heterocycles. The van der Waals surface area contributed by atoms with Crippen LogP contribution in [0.4, 0.5) is 0 Å². The first-order valence-corrected chi connectivity index (χ1v) is 7.18. The number of benzene rings is 1. The molecule has 0 saturated carbocycles. The van der Waals surface area contributed by atoms with E-state index in [9.17, 15) is 0 Å². The molecule has 3 heteroatoms. The van der Waals surface area contributed by atoms with Crippen LogP contribution in [0.15, 0.2) is 30.3 Å². The molecule has 0 N–H and O–H groups in total. The van der Waals surface area contributed by atoms with Crippen molar-refractivity contribution in [1.82, 2.24) is 0 Å². The maximum Gasteiger partial charge on any atom is 0.355 e. The lowest BCUT2D eigenvalue weighted by atomic mass is 10.4. The van der Waals surface area contributed by atoms with Crippen molar-refractivity contribution in [3.63, 3.8) is 0 Å². The summed E-state index contributed by atoms with van der Waals surface area (Å²) in [7, 11) is -1.63. The van der Waals surface area contributed by atoms with Gasteiger partial charge in [-0.05, 0) is 18.0 Å². The van der Waals surface area contributed by atoms with E-state index in [1.807, 2.05) is 18.2 Å². The van der Waals surface area contributed by atoms with E-state index in [1.165, 1.54) is 5.19 Å². The van der Waals surface area contributed by atoms with Gasteiger partial charge < -0.3 is 8.85 Å². The predicted octanol–water partition coefficient (Wildman–Crippen LogP) is 1.97. The molecule has 1 aromatic carbocycles. The first kappa shape index (κ1) is 12.4. The van der Waals surface area contributed by atoms with Crippen molar-refractivity contribution < 1.29 is 8.85 Å². The van der Waals surface area contributed by atoms with E-state index >= 15 is 0 Å². The molecule has 0 aliphatic rings. The average molecular weight is 224 g/mol. The Morgan fingerprint density at radius 3 is 1.93 bits per heavy atom. The highest BCUT2D eigenvalue weighted by Gasteiger charge is 2.15. The van der Waals surface area contributed by atoms with Crippen LogP contribution in [0.5, 0.6) is 0 Å². The minimum absolute atomic E-state index is 0.801. The second kappa shape index (κ2) is 7.62. The second-order valence-corrected chi connectivity index (χ2v) is 5.48. The summed E-state index contributed by atoms with van der Waals surface area (Å²) in [6.45, 7) is 5.84. The molecule has 15 heavy (non-hydrogen) atoms. The highest BCUT2D eigenvalue weighted by Crippen LogP contribution is 1.96. The van der Waals surface area contributed by atoms with Crippen LogP contribution in [0.3, 0.4) is 0 Å².